The van der Waals surface area contributed by atoms with Crippen LogP contribution in [0.25, 0.3) is 0 Å². The van der Waals surface area contributed by atoms with Crippen LogP contribution >= 0.6 is 12.2 Å². The van der Waals surface area contributed by atoms with Gasteiger partial charge in [-0.15, -0.1) is 0 Å². The highest BCUT2D eigenvalue weighted by atomic mass is 32.1. The molecule has 2 unspecified atom stereocenters. The number of benzene rings is 1. The summed E-state index contributed by atoms with van der Waals surface area (Å²) in [5.74, 6) is 0. The van der Waals surface area contributed by atoms with Gasteiger partial charge >= 0.3 is 0 Å². The average Bonchev–Trinajstić information content (AvgIpc) is 2.28. The molecule has 0 heterocycles. The summed E-state index contributed by atoms with van der Waals surface area (Å²) in [5.41, 5.74) is 6.71. The van der Waals surface area contributed by atoms with Crippen molar-refractivity contribution in [3.05, 3.63) is 35.4 Å². The van der Waals surface area contributed by atoms with E-state index in [2.05, 4.69) is 0 Å². The zero-order valence-corrected chi connectivity index (χ0v) is 9.52. The molecule has 0 aliphatic rings. The fourth-order valence-electron chi connectivity index (χ4n) is 1.36. The van der Waals surface area contributed by atoms with Crippen LogP contribution in [-0.4, -0.2) is 33.0 Å². The fourth-order valence-corrected chi connectivity index (χ4v) is 1.49. The van der Waals surface area contributed by atoms with E-state index in [9.17, 15) is 10.2 Å². The minimum atomic E-state index is -1.01. The van der Waals surface area contributed by atoms with Crippen molar-refractivity contribution in [3.63, 3.8) is 0 Å². The van der Waals surface area contributed by atoms with Crippen molar-refractivity contribution in [2.75, 3.05) is 6.61 Å². The van der Waals surface area contributed by atoms with Gasteiger partial charge in [-0.1, -0.05) is 36.5 Å². The molecule has 2 atom stereocenters. The first-order chi connectivity index (χ1) is 7.56. The molecule has 0 radical (unpaired) electrons. The first-order valence-corrected chi connectivity index (χ1v) is 5.34. The highest BCUT2D eigenvalue weighted by Gasteiger charge is 2.17. The zero-order valence-electron chi connectivity index (χ0n) is 8.71. The van der Waals surface area contributed by atoms with Gasteiger partial charge in [0.1, 0.15) is 11.1 Å². The quantitative estimate of drug-likeness (QED) is 0.549. The molecule has 4 nitrogen and oxygen atoms in total. The molecule has 16 heavy (non-hydrogen) atoms. The monoisotopic (exact) mass is 241 g/mol. The van der Waals surface area contributed by atoms with Crippen LogP contribution in [0.1, 0.15) is 23.7 Å². The standard InChI is InChI=1S/C11H15NO3S/c12-11(16)8-3-1-7(2-4-8)10(15)9(14)5-6-13/h1-4,9-10,13-15H,5-6H2,(H2,12,16). The van der Waals surface area contributed by atoms with Crippen molar-refractivity contribution in [2.24, 2.45) is 5.73 Å². The van der Waals surface area contributed by atoms with Crippen molar-refractivity contribution in [1.82, 2.24) is 0 Å². The van der Waals surface area contributed by atoms with E-state index in [-0.39, 0.29) is 18.0 Å². The maximum Gasteiger partial charge on any atom is 0.105 e. The van der Waals surface area contributed by atoms with Crippen LogP contribution in [-0.2, 0) is 0 Å². The fraction of sp³-hybridized carbons (Fsp3) is 0.364. The van der Waals surface area contributed by atoms with Crippen molar-refractivity contribution in [2.45, 2.75) is 18.6 Å². The van der Waals surface area contributed by atoms with E-state index in [0.717, 1.165) is 0 Å². The molecule has 1 aromatic carbocycles. The summed E-state index contributed by atoms with van der Waals surface area (Å²) in [6.45, 7) is -0.163. The zero-order chi connectivity index (χ0) is 12.1. The second-order valence-corrected chi connectivity index (χ2v) is 3.95. The van der Waals surface area contributed by atoms with Crippen LogP contribution in [0.2, 0.25) is 0 Å². The van der Waals surface area contributed by atoms with Crippen LogP contribution in [0.4, 0.5) is 0 Å². The Labute approximate surface area is 99.3 Å². The van der Waals surface area contributed by atoms with Gasteiger partial charge in [-0.3, -0.25) is 0 Å². The maximum absolute atomic E-state index is 9.72. The van der Waals surface area contributed by atoms with Crippen LogP contribution in [0.15, 0.2) is 24.3 Å². The SMILES string of the molecule is NC(=S)c1ccc(C(O)C(O)CCO)cc1. The van der Waals surface area contributed by atoms with E-state index in [0.29, 0.717) is 11.1 Å². The van der Waals surface area contributed by atoms with Crippen molar-refractivity contribution in [3.8, 4) is 0 Å². The summed E-state index contributed by atoms with van der Waals surface area (Å²) in [7, 11) is 0. The number of hydrogen-bond donors (Lipinski definition) is 4. The Balaban J connectivity index is 2.77. The van der Waals surface area contributed by atoms with Gasteiger partial charge in [0.15, 0.2) is 0 Å². The predicted molar refractivity (Wildman–Crippen MR) is 65.0 cm³/mol. The lowest BCUT2D eigenvalue weighted by Gasteiger charge is -2.17. The van der Waals surface area contributed by atoms with Gasteiger partial charge in [-0.05, 0) is 12.0 Å². The van der Waals surface area contributed by atoms with Gasteiger partial charge in [-0.2, -0.15) is 0 Å². The normalized spacial score (nSPS) is 14.4. The van der Waals surface area contributed by atoms with E-state index >= 15 is 0 Å². The Kier molecular flexibility index (Phi) is 4.82. The van der Waals surface area contributed by atoms with E-state index in [1.807, 2.05) is 0 Å². The Morgan fingerprint density at radius 2 is 1.81 bits per heavy atom. The third-order valence-corrected chi connectivity index (χ3v) is 2.56. The van der Waals surface area contributed by atoms with Crippen LogP contribution < -0.4 is 5.73 Å². The molecule has 88 valence electrons. The second kappa shape index (κ2) is 5.91. The van der Waals surface area contributed by atoms with Crippen molar-refractivity contribution < 1.29 is 15.3 Å². The topological polar surface area (TPSA) is 86.7 Å². The predicted octanol–water partition coefficient (Wildman–Crippen LogP) is 0.0975. The first-order valence-electron chi connectivity index (χ1n) is 4.93. The summed E-state index contributed by atoms with van der Waals surface area (Å²) in [6.07, 6.45) is -1.84. The molecular weight excluding hydrogens is 226 g/mol. The van der Waals surface area contributed by atoms with Gasteiger partial charge in [0, 0.05) is 12.2 Å². The van der Waals surface area contributed by atoms with E-state index < -0.39 is 12.2 Å². The molecule has 0 saturated carbocycles. The number of aliphatic hydroxyl groups excluding tert-OH is 3. The van der Waals surface area contributed by atoms with E-state index in [1.54, 1.807) is 24.3 Å². The number of rotatable bonds is 5. The Morgan fingerprint density at radius 3 is 2.25 bits per heavy atom. The molecule has 1 rings (SSSR count). The van der Waals surface area contributed by atoms with Crippen LogP contribution in [0.5, 0.6) is 0 Å². The molecule has 5 N–H and O–H groups in total. The Hall–Kier alpha value is -1.01. The van der Waals surface area contributed by atoms with Crippen LogP contribution in [0, 0.1) is 0 Å². The molecule has 0 aromatic heterocycles. The molecule has 0 amide bonds. The molecule has 0 bridgehead atoms. The lowest BCUT2D eigenvalue weighted by molar-refractivity contribution is 0.00422. The molecule has 0 spiro atoms. The highest BCUT2D eigenvalue weighted by molar-refractivity contribution is 7.80. The highest BCUT2D eigenvalue weighted by Crippen LogP contribution is 2.19. The van der Waals surface area contributed by atoms with Crippen molar-refractivity contribution >= 4 is 17.2 Å². The molecule has 0 aliphatic carbocycles. The molecule has 5 heteroatoms. The summed E-state index contributed by atoms with van der Waals surface area (Å²) in [6, 6.07) is 6.68. The minimum Gasteiger partial charge on any atom is -0.396 e. The smallest absolute Gasteiger partial charge is 0.105 e. The average molecular weight is 241 g/mol. The van der Waals surface area contributed by atoms with Gasteiger partial charge < -0.3 is 21.1 Å². The number of thiocarbonyl (C=S) groups is 1. The van der Waals surface area contributed by atoms with Gasteiger partial charge in [0.25, 0.3) is 0 Å². The summed E-state index contributed by atoms with van der Waals surface area (Å²) >= 11 is 4.80. The number of nitrogens with two attached hydrogens (primary N) is 1. The Bertz CT molecular complexity index is 353. The number of aliphatic hydroxyl groups is 3. The third-order valence-electron chi connectivity index (χ3n) is 2.33. The molecule has 1 aromatic rings. The third kappa shape index (κ3) is 3.24. The van der Waals surface area contributed by atoms with Crippen molar-refractivity contribution in [1.29, 1.82) is 0 Å². The van der Waals surface area contributed by atoms with Gasteiger partial charge in [-0.25, -0.2) is 0 Å². The summed E-state index contributed by atoms with van der Waals surface area (Å²) in [5, 5.41) is 27.9. The first kappa shape index (κ1) is 13.1. The van der Waals surface area contributed by atoms with Gasteiger partial charge in [0.05, 0.1) is 6.10 Å². The van der Waals surface area contributed by atoms with Gasteiger partial charge in [0.2, 0.25) is 0 Å². The lowest BCUT2D eigenvalue weighted by Crippen LogP contribution is -2.19. The summed E-state index contributed by atoms with van der Waals surface area (Å²) in [4.78, 5) is 0.289. The summed E-state index contributed by atoms with van der Waals surface area (Å²) < 4.78 is 0. The van der Waals surface area contributed by atoms with E-state index in [1.165, 1.54) is 0 Å². The lowest BCUT2D eigenvalue weighted by atomic mass is 10.0. The molecule has 0 aliphatic heterocycles. The van der Waals surface area contributed by atoms with Crippen LogP contribution in [0.3, 0.4) is 0 Å². The Morgan fingerprint density at radius 1 is 1.25 bits per heavy atom. The largest absolute Gasteiger partial charge is 0.396 e. The minimum absolute atomic E-state index is 0.137. The second-order valence-electron chi connectivity index (χ2n) is 3.51. The molecular formula is C11H15NO3S. The number of hydrogen-bond acceptors (Lipinski definition) is 4. The molecule has 0 saturated heterocycles. The van der Waals surface area contributed by atoms with E-state index in [4.69, 9.17) is 23.1 Å². The molecule has 0 fully saturated rings. The maximum atomic E-state index is 9.72.